The van der Waals surface area contributed by atoms with E-state index in [4.69, 9.17) is 14.3 Å². The summed E-state index contributed by atoms with van der Waals surface area (Å²) < 4.78 is 23.7. The molecule has 0 bridgehead atoms. The second-order valence-corrected chi connectivity index (χ2v) is 5.12. The summed E-state index contributed by atoms with van der Waals surface area (Å²) in [5, 5.41) is 8.21. The molecule has 0 aromatic carbocycles. The Bertz CT molecular complexity index is 592. The van der Waals surface area contributed by atoms with Crippen molar-refractivity contribution < 1.29 is 33.1 Å². The normalized spacial score (nSPS) is 14.4. The number of rotatable bonds is 11. The van der Waals surface area contributed by atoms with Crippen molar-refractivity contribution in [3.05, 3.63) is 11.9 Å². The Morgan fingerprint density at radius 3 is 2.64 bits per heavy atom. The number of hydrogen-bond donors (Lipinski definition) is 0. The molecule has 138 valence electrons. The fourth-order valence-corrected chi connectivity index (χ4v) is 1.97. The van der Waals surface area contributed by atoms with Crippen LogP contribution in [0.1, 0.15) is 25.0 Å². The van der Waals surface area contributed by atoms with Gasteiger partial charge in [0.2, 0.25) is 0 Å². The largest absolute Gasteiger partial charge is 0.379 e. The van der Waals surface area contributed by atoms with E-state index >= 15 is 0 Å². The zero-order valence-electron chi connectivity index (χ0n) is 13.6. The molecule has 2 heterocycles. The highest BCUT2D eigenvalue weighted by atomic mass is 19.1. The quantitative estimate of drug-likeness (QED) is 0.394. The number of imide groups is 1. The minimum atomic E-state index is -0.711. The number of ether oxygens (including phenoxy) is 2. The number of alkyl halides is 1. The van der Waals surface area contributed by atoms with E-state index in [2.05, 4.69) is 10.3 Å². The van der Waals surface area contributed by atoms with Gasteiger partial charge in [0.15, 0.2) is 0 Å². The predicted molar refractivity (Wildman–Crippen MR) is 78.3 cm³/mol. The summed E-state index contributed by atoms with van der Waals surface area (Å²) >= 11 is 0. The average molecular weight is 358 g/mol. The van der Waals surface area contributed by atoms with Gasteiger partial charge in [-0.1, -0.05) is 5.21 Å². The van der Waals surface area contributed by atoms with Crippen LogP contribution in [0.3, 0.4) is 0 Å². The van der Waals surface area contributed by atoms with Gasteiger partial charge in [0.1, 0.15) is 12.4 Å². The third-order valence-corrected chi connectivity index (χ3v) is 3.17. The Labute approximate surface area is 142 Å². The van der Waals surface area contributed by atoms with Gasteiger partial charge in [-0.25, -0.2) is 13.9 Å². The van der Waals surface area contributed by atoms with Gasteiger partial charge in [0, 0.05) is 12.8 Å². The molecule has 1 fully saturated rings. The van der Waals surface area contributed by atoms with Gasteiger partial charge >= 0.3 is 5.97 Å². The predicted octanol–water partition coefficient (Wildman–Crippen LogP) is -0.222. The summed E-state index contributed by atoms with van der Waals surface area (Å²) in [6.07, 6.45) is 1.68. The van der Waals surface area contributed by atoms with Crippen LogP contribution in [0.4, 0.5) is 4.39 Å². The molecule has 0 aliphatic carbocycles. The Morgan fingerprint density at radius 2 is 1.92 bits per heavy atom. The Morgan fingerprint density at radius 1 is 1.16 bits per heavy atom. The van der Waals surface area contributed by atoms with Crippen molar-refractivity contribution >= 4 is 17.8 Å². The molecule has 1 aromatic heterocycles. The molecular weight excluding hydrogens is 339 g/mol. The number of hydroxylamine groups is 2. The molecule has 0 atom stereocenters. The molecule has 0 N–H and O–H groups in total. The minimum absolute atomic E-state index is 0.0146. The standard InChI is InChI=1S/C14H19FN4O6/c15-4-7-24-10-11-9-18(17-16-11)5-8-23-6-3-14(22)25-19-12(20)1-2-13(19)21/h9H,1-8,10H2. The first kappa shape index (κ1) is 18.9. The summed E-state index contributed by atoms with van der Waals surface area (Å²) in [4.78, 5) is 38.8. The van der Waals surface area contributed by atoms with Gasteiger partial charge in [-0.05, 0) is 0 Å². The Hall–Kier alpha value is -2.40. The first-order chi connectivity index (χ1) is 12.1. The molecule has 0 unspecified atom stereocenters. The Kier molecular flexibility index (Phi) is 7.41. The fraction of sp³-hybridized carbons (Fsp3) is 0.643. The lowest BCUT2D eigenvalue weighted by Gasteiger charge is -2.12. The third kappa shape index (κ3) is 6.19. The monoisotopic (exact) mass is 358 g/mol. The number of carbonyl (C=O) groups excluding carboxylic acids is 3. The molecule has 2 rings (SSSR count). The summed E-state index contributed by atoms with van der Waals surface area (Å²) in [6, 6.07) is 0. The topological polar surface area (TPSA) is 113 Å². The lowest BCUT2D eigenvalue weighted by atomic mass is 10.4. The molecular formula is C14H19FN4O6. The third-order valence-electron chi connectivity index (χ3n) is 3.17. The minimum Gasteiger partial charge on any atom is -0.379 e. The van der Waals surface area contributed by atoms with Crippen LogP contribution in [-0.4, -0.2) is 64.3 Å². The number of hydrogen-bond acceptors (Lipinski definition) is 8. The fourth-order valence-electron chi connectivity index (χ4n) is 1.97. The van der Waals surface area contributed by atoms with Crippen LogP contribution < -0.4 is 0 Å². The molecule has 1 aromatic rings. The van der Waals surface area contributed by atoms with Gasteiger partial charge in [0.05, 0.1) is 45.6 Å². The van der Waals surface area contributed by atoms with E-state index in [0.717, 1.165) is 0 Å². The van der Waals surface area contributed by atoms with E-state index in [9.17, 15) is 18.8 Å². The smallest absolute Gasteiger partial charge is 0.335 e. The van der Waals surface area contributed by atoms with E-state index in [-0.39, 0.29) is 45.7 Å². The van der Waals surface area contributed by atoms with Crippen LogP contribution in [0, 0.1) is 0 Å². The summed E-state index contributed by atoms with van der Waals surface area (Å²) in [5.41, 5.74) is 0.581. The molecule has 0 saturated carbocycles. The lowest BCUT2D eigenvalue weighted by molar-refractivity contribution is -0.198. The summed E-state index contributed by atoms with van der Waals surface area (Å²) in [6.45, 7) is 0.420. The molecule has 25 heavy (non-hydrogen) atoms. The number of aromatic nitrogens is 3. The van der Waals surface area contributed by atoms with E-state index in [1.807, 2.05) is 0 Å². The maximum Gasteiger partial charge on any atom is 0.335 e. The zero-order valence-corrected chi connectivity index (χ0v) is 13.6. The second-order valence-electron chi connectivity index (χ2n) is 5.12. The van der Waals surface area contributed by atoms with E-state index in [0.29, 0.717) is 17.3 Å². The average Bonchev–Trinajstić information content (AvgIpc) is 3.16. The summed E-state index contributed by atoms with van der Waals surface area (Å²) in [5.74, 6) is -1.75. The Balaban J connectivity index is 1.56. The first-order valence-corrected chi connectivity index (χ1v) is 7.77. The van der Waals surface area contributed by atoms with Crippen molar-refractivity contribution in [3.63, 3.8) is 0 Å². The summed E-state index contributed by atoms with van der Waals surface area (Å²) in [7, 11) is 0. The molecule has 10 nitrogen and oxygen atoms in total. The van der Waals surface area contributed by atoms with Crippen molar-refractivity contribution in [1.29, 1.82) is 0 Å². The molecule has 0 radical (unpaired) electrons. The number of halogens is 1. The number of carbonyl (C=O) groups is 3. The molecule has 11 heteroatoms. The molecule has 1 saturated heterocycles. The number of amides is 2. The van der Waals surface area contributed by atoms with Gasteiger partial charge < -0.3 is 14.3 Å². The highest BCUT2D eigenvalue weighted by molar-refractivity contribution is 6.01. The second kappa shape index (κ2) is 9.79. The molecule has 1 aliphatic heterocycles. The molecule has 2 amide bonds. The van der Waals surface area contributed by atoms with E-state index in [1.165, 1.54) is 4.68 Å². The van der Waals surface area contributed by atoms with Crippen molar-refractivity contribution in [3.8, 4) is 0 Å². The first-order valence-electron chi connectivity index (χ1n) is 7.77. The zero-order chi connectivity index (χ0) is 18.1. The molecule has 0 spiro atoms. The van der Waals surface area contributed by atoms with E-state index < -0.39 is 24.5 Å². The highest BCUT2D eigenvalue weighted by Gasteiger charge is 2.32. The van der Waals surface area contributed by atoms with Gasteiger partial charge in [-0.3, -0.25) is 9.59 Å². The van der Waals surface area contributed by atoms with Crippen molar-refractivity contribution in [1.82, 2.24) is 20.1 Å². The van der Waals surface area contributed by atoms with Gasteiger partial charge in [-0.15, -0.1) is 10.2 Å². The van der Waals surface area contributed by atoms with Crippen molar-refractivity contribution in [2.45, 2.75) is 32.4 Å². The highest BCUT2D eigenvalue weighted by Crippen LogP contribution is 2.12. The SMILES string of the molecule is O=C(CCOCCn1cc(COCCF)nn1)ON1C(=O)CCC1=O. The number of nitrogens with zero attached hydrogens (tertiary/aromatic N) is 4. The van der Waals surface area contributed by atoms with Crippen LogP contribution in [0.5, 0.6) is 0 Å². The van der Waals surface area contributed by atoms with Crippen molar-refractivity contribution in [2.24, 2.45) is 0 Å². The van der Waals surface area contributed by atoms with Gasteiger partial charge in [0.25, 0.3) is 11.8 Å². The maximum absolute atomic E-state index is 11.9. The van der Waals surface area contributed by atoms with Crippen LogP contribution in [0.15, 0.2) is 6.20 Å². The van der Waals surface area contributed by atoms with Crippen LogP contribution in [0.25, 0.3) is 0 Å². The maximum atomic E-state index is 11.9. The molecule has 1 aliphatic rings. The van der Waals surface area contributed by atoms with Crippen LogP contribution in [-0.2, 0) is 41.8 Å². The van der Waals surface area contributed by atoms with Crippen LogP contribution in [0.2, 0.25) is 0 Å². The van der Waals surface area contributed by atoms with Crippen molar-refractivity contribution in [2.75, 3.05) is 26.5 Å². The van der Waals surface area contributed by atoms with Gasteiger partial charge in [-0.2, -0.15) is 0 Å². The van der Waals surface area contributed by atoms with E-state index in [1.54, 1.807) is 6.20 Å². The van der Waals surface area contributed by atoms with Crippen LogP contribution >= 0.6 is 0 Å². The lowest BCUT2D eigenvalue weighted by Crippen LogP contribution is -2.32.